The second-order valence-corrected chi connectivity index (χ2v) is 6.08. The number of carbonyl (C=O) groups excluding carboxylic acids is 2. The first-order chi connectivity index (χ1) is 12.1. The fourth-order valence-corrected chi connectivity index (χ4v) is 2.85. The molecule has 2 aromatic carbocycles. The van der Waals surface area contributed by atoms with Crippen molar-refractivity contribution in [2.24, 2.45) is 11.0 Å². The monoisotopic (exact) mass is 335 g/mol. The molecule has 1 heterocycles. The Balaban J connectivity index is 1.52. The Labute approximate surface area is 147 Å². The van der Waals surface area contributed by atoms with E-state index in [1.807, 2.05) is 67.6 Å². The summed E-state index contributed by atoms with van der Waals surface area (Å²) >= 11 is 0. The normalized spacial score (nSPS) is 16.7. The standard InChI is InChI=1S/C20H21N3O2/c1-15-18(20(25)23(22-15)17-10-6-3-7-11-17)12-13-19(24)21-14-16-8-4-2-5-9-16/h2-11,18H,12-14H2,1H3,(H,21,24)/t18-/m1/s1. The van der Waals surface area contributed by atoms with Crippen molar-refractivity contribution in [3.63, 3.8) is 0 Å². The Morgan fingerprint density at radius 1 is 1.08 bits per heavy atom. The molecule has 128 valence electrons. The van der Waals surface area contributed by atoms with Crippen molar-refractivity contribution < 1.29 is 9.59 Å². The molecule has 25 heavy (non-hydrogen) atoms. The summed E-state index contributed by atoms with van der Waals surface area (Å²) in [5.74, 6) is -0.454. The van der Waals surface area contributed by atoms with Crippen LogP contribution in [0.15, 0.2) is 65.8 Å². The number of amides is 2. The molecule has 2 aromatic rings. The van der Waals surface area contributed by atoms with Crippen LogP contribution in [0.1, 0.15) is 25.3 Å². The predicted octanol–water partition coefficient (Wildman–Crippen LogP) is 3.12. The Morgan fingerprint density at radius 2 is 1.72 bits per heavy atom. The Bertz CT molecular complexity index is 772. The maximum absolute atomic E-state index is 12.6. The van der Waals surface area contributed by atoms with Gasteiger partial charge in [0, 0.05) is 18.7 Å². The van der Waals surface area contributed by atoms with Gasteiger partial charge in [0.05, 0.1) is 11.6 Å². The second kappa shape index (κ2) is 7.75. The van der Waals surface area contributed by atoms with Crippen LogP contribution in [0.3, 0.4) is 0 Å². The van der Waals surface area contributed by atoms with Crippen molar-refractivity contribution >= 4 is 23.2 Å². The summed E-state index contributed by atoms with van der Waals surface area (Å²) in [6.07, 6.45) is 0.775. The first-order valence-electron chi connectivity index (χ1n) is 8.40. The van der Waals surface area contributed by atoms with Gasteiger partial charge in [0.1, 0.15) is 0 Å². The molecule has 0 saturated carbocycles. The number of nitrogens with zero attached hydrogens (tertiary/aromatic N) is 2. The van der Waals surface area contributed by atoms with Crippen LogP contribution in [0.25, 0.3) is 0 Å². The molecule has 3 rings (SSSR count). The summed E-state index contributed by atoms with van der Waals surface area (Å²) in [6, 6.07) is 19.1. The molecule has 1 N–H and O–H groups in total. The molecule has 0 unspecified atom stereocenters. The van der Waals surface area contributed by atoms with E-state index in [9.17, 15) is 9.59 Å². The molecule has 1 aliphatic rings. The van der Waals surface area contributed by atoms with E-state index in [2.05, 4.69) is 10.4 Å². The zero-order valence-electron chi connectivity index (χ0n) is 14.2. The summed E-state index contributed by atoms with van der Waals surface area (Å²) in [6.45, 7) is 2.34. The number of anilines is 1. The maximum atomic E-state index is 12.6. The van der Waals surface area contributed by atoms with Crippen LogP contribution in [0.5, 0.6) is 0 Å². The van der Waals surface area contributed by atoms with E-state index in [1.54, 1.807) is 0 Å². The number of para-hydroxylation sites is 1. The lowest BCUT2D eigenvalue weighted by molar-refractivity contribution is -0.122. The van der Waals surface area contributed by atoms with Gasteiger partial charge in [-0.1, -0.05) is 48.5 Å². The lowest BCUT2D eigenvalue weighted by Gasteiger charge is -2.14. The van der Waals surface area contributed by atoms with Crippen LogP contribution in [0, 0.1) is 5.92 Å². The zero-order chi connectivity index (χ0) is 17.6. The number of hydrogen-bond acceptors (Lipinski definition) is 3. The summed E-state index contributed by atoms with van der Waals surface area (Å²) in [5.41, 5.74) is 2.56. The first-order valence-corrected chi connectivity index (χ1v) is 8.40. The minimum atomic E-state index is -0.331. The second-order valence-electron chi connectivity index (χ2n) is 6.08. The molecule has 0 spiro atoms. The van der Waals surface area contributed by atoms with E-state index >= 15 is 0 Å². The van der Waals surface area contributed by atoms with Crippen LogP contribution >= 0.6 is 0 Å². The van der Waals surface area contributed by atoms with Gasteiger partial charge in [0.15, 0.2) is 0 Å². The van der Waals surface area contributed by atoms with E-state index < -0.39 is 0 Å². The fourth-order valence-electron chi connectivity index (χ4n) is 2.85. The largest absolute Gasteiger partial charge is 0.352 e. The average Bonchev–Trinajstić information content (AvgIpc) is 2.94. The van der Waals surface area contributed by atoms with E-state index in [1.165, 1.54) is 5.01 Å². The van der Waals surface area contributed by atoms with E-state index in [0.717, 1.165) is 17.0 Å². The highest BCUT2D eigenvalue weighted by atomic mass is 16.2. The van der Waals surface area contributed by atoms with Gasteiger partial charge in [0.2, 0.25) is 5.91 Å². The Morgan fingerprint density at radius 3 is 2.40 bits per heavy atom. The number of carbonyl (C=O) groups is 2. The Hall–Kier alpha value is -2.95. The lowest BCUT2D eigenvalue weighted by atomic mass is 9.98. The molecular weight excluding hydrogens is 314 g/mol. The molecule has 0 bridgehead atoms. The van der Waals surface area contributed by atoms with Crippen LogP contribution in [-0.4, -0.2) is 17.5 Å². The van der Waals surface area contributed by atoms with Crippen LogP contribution in [0.4, 0.5) is 5.69 Å². The van der Waals surface area contributed by atoms with Crippen molar-refractivity contribution in [2.75, 3.05) is 5.01 Å². The highest BCUT2D eigenvalue weighted by molar-refractivity contribution is 6.14. The fraction of sp³-hybridized carbons (Fsp3) is 0.250. The molecule has 5 nitrogen and oxygen atoms in total. The van der Waals surface area contributed by atoms with Gasteiger partial charge in [0.25, 0.3) is 5.91 Å². The van der Waals surface area contributed by atoms with E-state index in [0.29, 0.717) is 19.4 Å². The van der Waals surface area contributed by atoms with Crippen molar-refractivity contribution in [3.8, 4) is 0 Å². The summed E-state index contributed by atoms with van der Waals surface area (Å²) in [7, 11) is 0. The maximum Gasteiger partial charge on any atom is 0.256 e. The number of nitrogens with one attached hydrogen (secondary N) is 1. The molecule has 0 fully saturated rings. The highest BCUT2D eigenvalue weighted by Gasteiger charge is 2.34. The van der Waals surface area contributed by atoms with Crippen molar-refractivity contribution in [1.82, 2.24) is 5.32 Å². The number of benzene rings is 2. The van der Waals surface area contributed by atoms with E-state index in [4.69, 9.17) is 0 Å². The van der Waals surface area contributed by atoms with Gasteiger partial charge >= 0.3 is 0 Å². The van der Waals surface area contributed by atoms with Crippen LogP contribution in [0.2, 0.25) is 0 Å². The molecule has 0 aromatic heterocycles. The van der Waals surface area contributed by atoms with Gasteiger partial charge in [-0.25, -0.2) is 5.01 Å². The molecule has 2 amide bonds. The van der Waals surface area contributed by atoms with Gasteiger partial charge in [-0.2, -0.15) is 5.10 Å². The minimum absolute atomic E-state index is 0.0531. The SMILES string of the molecule is CC1=NN(c2ccccc2)C(=O)[C@@H]1CCC(=O)NCc1ccccc1. The molecule has 5 heteroatoms. The summed E-state index contributed by atoms with van der Waals surface area (Å²) < 4.78 is 0. The van der Waals surface area contributed by atoms with Gasteiger partial charge in [-0.05, 0) is 31.0 Å². The molecule has 1 atom stereocenters. The van der Waals surface area contributed by atoms with Gasteiger partial charge in [-0.15, -0.1) is 0 Å². The summed E-state index contributed by atoms with van der Waals surface area (Å²) in [5, 5.41) is 8.69. The summed E-state index contributed by atoms with van der Waals surface area (Å²) in [4.78, 5) is 24.6. The minimum Gasteiger partial charge on any atom is -0.352 e. The molecule has 1 aliphatic heterocycles. The van der Waals surface area contributed by atoms with Gasteiger partial charge < -0.3 is 5.32 Å². The smallest absolute Gasteiger partial charge is 0.256 e. The molecular formula is C20H21N3O2. The molecule has 0 radical (unpaired) electrons. The lowest BCUT2D eigenvalue weighted by Crippen LogP contribution is -2.29. The van der Waals surface area contributed by atoms with E-state index in [-0.39, 0.29) is 17.7 Å². The topological polar surface area (TPSA) is 61.8 Å². The van der Waals surface area contributed by atoms with Crippen molar-refractivity contribution in [2.45, 2.75) is 26.3 Å². The Kier molecular flexibility index (Phi) is 5.23. The highest BCUT2D eigenvalue weighted by Crippen LogP contribution is 2.26. The van der Waals surface area contributed by atoms with Crippen molar-refractivity contribution in [1.29, 1.82) is 0 Å². The third-order valence-corrected chi connectivity index (χ3v) is 4.26. The zero-order valence-corrected chi connectivity index (χ0v) is 14.2. The van der Waals surface area contributed by atoms with Crippen LogP contribution in [-0.2, 0) is 16.1 Å². The quantitative estimate of drug-likeness (QED) is 0.881. The van der Waals surface area contributed by atoms with Gasteiger partial charge in [-0.3, -0.25) is 9.59 Å². The number of hydrogen-bond donors (Lipinski definition) is 1. The molecule has 0 aliphatic carbocycles. The third-order valence-electron chi connectivity index (χ3n) is 4.26. The molecule has 0 saturated heterocycles. The third kappa shape index (κ3) is 4.12. The number of rotatable bonds is 6. The first kappa shape index (κ1) is 16.9. The predicted molar refractivity (Wildman–Crippen MR) is 98.0 cm³/mol. The average molecular weight is 335 g/mol. The van der Waals surface area contributed by atoms with Crippen LogP contribution < -0.4 is 10.3 Å². The van der Waals surface area contributed by atoms with Crippen molar-refractivity contribution in [3.05, 3.63) is 66.2 Å². The number of hydrazone groups is 1.